The van der Waals surface area contributed by atoms with E-state index in [1.165, 1.54) is 83.6 Å². The molecule has 2 rings (SSSR count). The van der Waals surface area contributed by atoms with Crippen molar-refractivity contribution in [1.29, 1.82) is 0 Å². The average molecular weight is 265 g/mol. The largest absolute Gasteiger partial charge is 0.303 e. The second-order valence-electron chi connectivity index (χ2n) is 7.10. The molecule has 1 aliphatic heterocycles. The second-order valence-corrected chi connectivity index (χ2v) is 7.10. The van der Waals surface area contributed by atoms with Gasteiger partial charge in [0.05, 0.1) is 0 Å². The van der Waals surface area contributed by atoms with Gasteiger partial charge in [0, 0.05) is 6.04 Å². The Hall–Kier alpha value is -0.0400. The lowest BCUT2D eigenvalue weighted by molar-refractivity contribution is 0.101. The summed E-state index contributed by atoms with van der Waals surface area (Å²) in [7, 11) is 2.41. The number of nitrogens with zero attached hydrogens (tertiary/aromatic N) is 1. The van der Waals surface area contributed by atoms with Crippen molar-refractivity contribution in [2.24, 2.45) is 11.8 Å². The Morgan fingerprint density at radius 2 is 1.53 bits per heavy atom. The van der Waals surface area contributed by atoms with Crippen molar-refractivity contribution < 1.29 is 0 Å². The minimum atomic E-state index is 0.898. The molecule has 0 amide bonds. The standard InChI is InChI=1S/C18H35N/c1-3-11-16-12-7-6-8-13-17(16)18-14-9-4-5-10-15-19(18)2/h16-18H,3-15H2,1-2H3. The molecule has 0 aromatic carbocycles. The highest BCUT2D eigenvalue weighted by atomic mass is 15.1. The summed E-state index contributed by atoms with van der Waals surface area (Å²) in [5.41, 5.74) is 0. The number of hydrogen-bond donors (Lipinski definition) is 0. The van der Waals surface area contributed by atoms with Crippen LogP contribution in [0.25, 0.3) is 0 Å². The zero-order valence-electron chi connectivity index (χ0n) is 13.4. The maximum absolute atomic E-state index is 2.73. The highest BCUT2D eigenvalue weighted by Gasteiger charge is 2.32. The Morgan fingerprint density at radius 3 is 2.37 bits per heavy atom. The van der Waals surface area contributed by atoms with Crippen molar-refractivity contribution in [3.05, 3.63) is 0 Å². The number of hydrogen-bond acceptors (Lipinski definition) is 1. The molecule has 0 bridgehead atoms. The normalized spacial score (nSPS) is 35.4. The molecule has 0 spiro atoms. The summed E-state index contributed by atoms with van der Waals surface area (Å²) >= 11 is 0. The van der Waals surface area contributed by atoms with Crippen molar-refractivity contribution in [2.45, 2.75) is 90.0 Å². The zero-order valence-corrected chi connectivity index (χ0v) is 13.4. The highest BCUT2D eigenvalue weighted by molar-refractivity contribution is 4.85. The van der Waals surface area contributed by atoms with Crippen LogP contribution in [0, 0.1) is 11.8 Å². The van der Waals surface area contributed by atoms with Crippen LogP contribution in [0.4, 0.5) is 0 Å². The van der Waals surface area contributed by atoms with Crippen LogP contribution < -0.4 is 0 Å². The highest BCUT2D eigenvalue weighted by Crippen LogP contribution is 2.37. The summed E-state index contributed by atoms with van der Waals surface area (Å²) < 4.78 is 0. The molecule has 0 aromatic heterocycles. The smallest absolute Gasteiger partial charge is 0.0123 e. The maximum Gasteiger partial charge on any atom is 0.0123 e. The summed E-state index contributed by atoms with van der Waals surface area (Å²) in [5, 5.41) is 0. The summed E-state index contributed by atoms with van der Waals surface area (Å²) in [5.74, 6) is 2.03. The fourth-order valence-corrected chi connectivity index (χ4v) is 4.64. The van der Waals surface area contributed by atoms with Gasteiger partial charge in [0.25, 0.3) is 0 Å². The molecule has 1 heterocycles. The Bertz CT molecular complexity index is 238. The van der Waals surface area contributed by atoms with E-state index in [0.717, 1.165) is 17.9 Å². The van der Waals surface area contributed by atoms with Crippen LogP contribution in [0.2, 0.25) is 0 Å². The number of likely N-dealkylation sites (tertiary alicyclic amines) is 1. The monoisotopic (exact) mass is 265 g/mol. The van der Waals surface area contributed by atoms with Crippen LogP contribution in [0.5, 0.6) is 0 Å². The fraction of sp³-hybridized carbons (Fsp3) is 1.00. The van der Waals surface area contributed by atoms with Gasteiger partial charge in [0.15, 0.2) is 0 Å². The third kappa shape index (κ3) is 4.48. The lowest BCUT2D eigenvalue weighted by Gasteiger charge is -2.39. The molecule has 112 valence electrons. The van der Waals surface area contributed by atoms with E-state index in [-0.39, 0.29) is 0 Å². The van der Waals surface area contributed by atoms with Crippen LogP contribution in [0.1, 0.15) is 84.0 Å². The zero-order chi connectivity index (χ0) is 13.5. The molecule has 1 heteroatoms. The molecule has 0 N–H and O–H groups in total. The van der Waals surface area contributed by atoms with Crippen LogP contribution in [0.15, 0.2) is 0 Å². The Labute approximate surface area is 121 Å². The lowest BCUT2D eigenvalue weighted by Crippen LogP contribution is -2.42. The first kappa shape index (κ1) is 15.4. The third-order valence-electron chi connectivity index (χ3n) is 5.70. The van der Waals surface area contributed by atoms with Gasteiger partial charge in [-0.1, -0.05) is 64.7 Å². The van der Waals surface area contributed by atoms with Gasteiger partial charge in [0.2, 0.25) is 0 Å². The van der Waals surface area contributed by atoms with E-state index < -0.39 is 0 Å². The first-order valence-corrected chi connectivity index (χ1v) is 9.03. The molecule has 2 fully saturated rings. The summed E-state index contributed by atoms with van der Waals surface area (Å²) in [4.78, 5) is 2.73. The fourth-order valence-electron chi connectivity index (χ4n) is 4.64. The summed E-state index contributed by atoms with van der Waals surface area (Å²) in [6, 6.07) is 0.898. The second kappa shape index (κ2) is 8.29. The SMILES string of the molecule is CCCC1CCCCCC1C1CCCCCCN1C. The first-order valence-electron chi connectivity index (χ1n) is 9.03. The quantitative estimate of drug-likeness (QED) is 0.630. The molecule has 1 aliphatic carbocycles. The van der Waals surface area contributed by atoms with Gasteiger partial charge in [-0.15, -0.1) is 0 Å². The van der Waals surface area contributed by atoms with E-state index in [9.17, 15) is 0 Å². The maximum atomic E-state index is 2.73. The Kier molecular flexibility index (Phi) is 6.70. The van der Waals surface area contributed by atoms with E-state index >= 15 is 0 Å². The molecule has 1 saturated heterocycles. The Balaban J connectivity index is 2.03. The summed E-state index contributed by atoms with van der Waals surface area (Å²) in [6.45, 7) is 3.73. The predicted molar refractivity (Wildman–Crippen MR) is 84.5 cm³/mol. The van der Waals surface area contributed by atoms with Crippen molar-refractivity contribution in [1.82, 2.24) is 4.90 Å². The van der Waals surface area contributed by atoms with E-state index in [0.29, 0.717) is 0 Å². The van der Waals surface area contributed by atoms with Gasteiger partial charge in [-0.3, -0.25) is 0 Å². The van der Waals surface area contributed by atoms with Crippen LogP contribution >= 0.6 is 0 Å². The molecule has 3 atom stereocenters. The molecule has 3 unspecified atom stereocenters. The predicted octanol–water partition coefficient (Wildman–Crippen LogP) is 5.25. The molecule has 2 aliphatic rings. The van der Waals surface area contributed by atoms with Gasteiger partial charge in [-0.25, -0.2) is 0 Å². The lowest BCUT2D eigenvalue weighted by atomic mass is 9.77. The van der Waals surface area contributed by atoms with Crippen molar-refractivity contribution in [3.8, 4) is 0 Å². The van der Waals surface area contributed by atoms with Crippen molar-refractivity contribution in [3.63, 3.8) is 0 Å². The molecule has 19 heavy (non-hydrogen) atoms. The summed E-state index contributed by atoms with van der Waals surface area (Å²) in [6.07, 6.45) is 17.7. The topological polar surface area (TPSA) is 3.24 Å². The molecular weight excluding hydrogens is 230 g/mol. The van der Waals surface area contributed by atoms with E-state index in [4.69, 9.17) is 0 Å². The minimum Gasteiger partial charge on any atom is -0.303 e. The molecule has 1 saturated carbocycles. The van der Waals surface area contributed by atoms with Crippen LogP contribution in [0.3, 0.4) is 0 Å². The van der Waals surface area contributed by atoms with Crippen LogP contribution in [-0.4, -0.2) is 24.5 Å². The van der Waals surface area contributed by atoms with Gasteiger partial charge < -0.3 is 4.90 Å². The van der Waals surface area contributed by atoms with Crippen LogP contribution in [-0.2, 0) is 0 Å². The third-order valence-corrected chi connectivity index (χ3v) is 5.70. The van der Waals surface area contributed by atoms with Gasteiger partial charge >= 0.3 is 0 Å². The van der Waals surface area contributed by atoms with Crippen molar-refractivity contribution >= 4 is 0 Å². The Morgan fingerprint density at radius 1 is 0.842 bits per heavy atom. The molecule has 1 nitrogen and oxygen atoms in total. The van der Waals surface area contributed by atoms with E-state index in [2.05, 4.69) is 18.9 Å². The molecule has 0 radical (unpaired) electrons. The molecular formula is C18H35N. The van der Waals surface area contributed by atoms with Crippen molar-refractivity contribution in [2.75, 3.05) is 13.6 Å². The first-order chi connectivity index (χ1) is 9.33. The van der Waals surface area contributed by atoms with Gasteiger partial charge in [-0.2, -0.15) is 0 Å². The van der Waals surface area contributed by atoms with Gasteiger partial charge in [0.1, 0.15) is 0 Å². The number of rotatable bonds is 3. The van der Waals surface area contributed by atoms with Gasteiger partial charge in [-0.05, 0) is 44.7 Å². The minimum absolute atomic E-state index is 0.898. The van der Waals surface area contributed by atoms with E-state index in [1.807, 2.05) is 0 Å². The average Bonchev–Trinajstić information content (AvgIpc) is 2.61. The van der Waals surface area contributed by atoms with E-state index in [1.54, 1.807) is 0 Å². The molecule has 0 aromatic rings.